The first kappa shape index (κ1) is 14.6. The predicted molar refractivity (Wildman–Crippen MR) is 94.0 cm³/mol. The summed E-state index contributed by atoms with van der Waals surface area (Å²) in [6.45, 7) is 0.697. The molecule has 0 fully saturated rings. The molecule has 0 amide bonds. The normalized spacial score (nSPS) is 14.0. The molecule has 1 aliphatic rings. The first-order chi connectivity index (χ1) is 11.8. The molecule has 4 nitrogen and oxygen atoms in total. The van der Waals surface area contributed by atoms with Crippen LogP contribution in [0.5, 0.6) is 5.75 Å². The zero-order valence-electron chi connectivity index (χ0n) is 13.2. The van der Waals surface area contributed by atoms with E-state index in [2.05, 4.69) is 27.1 Å². The van der Waals surface area contributed by atoms with Crippen LogP contribution in [0.3, 0.4) is 0 Å². The number of hydrogen-bond acceptors (Lipinski definition) is 3. The summed E-state index contributed by atoms with van der Waals surface area (Å²) in [5, 5.41) is 0.944. The highest BCUT2D eigenvalue weighted by atomic mass is 19.1. The average Bonchev–Trinajstić information content (AvgIpc) is 3.06. The van der Waals surface area contributed by atoms with Gasteiger partial charge in [0.05, 0.1) is 13.7 Å². The number of hydrogen-bond donors (Lipinski definition) is 1. The van der Waals surface area contributed by atoms with Crippen molar-refractivity contribution in [1.82, 2.24) is 9.97 Å². The number of nitrogens with one attached hydrogen (secondary N) is 1. The lowest BCUT2D eigenvalue weighted by atomic mass is 10.0. The molecule has 5 heteroatoms. The van der Waals surface area contributed by atoms with Crippen LogP contribution in [0.25, 0.3) is 27.7 Å². The van der Waals surface area contributed by atoms with Crippen LogP contribution in [-0.4, -0.2) is 29.8 Å². The van der Waals surface area contributed by atoms with E-state index < -0.39 is 0 Å². The summed E-state index contributed by atoms with van der Waals surface area (Å²) in [7, 11) is 1.59. The number of nitrogens with zero attached hydrogens (tertiary/aromatic N) is 2. The van der Waals surface area contributed by atoms with Crippen LogP contribution in [0.4, 0.5) is 4.39 Å². The maximum absolute atomic E-state index is 13.8. The predicted octanol–water partition coefficient (Wildman–Crippen LogP) is 4.24. The molecule has 1 aliphatic heterocycles. The molecule has 3 heterocycles. The van der Waals surface area contributed by atoms with E-state index in [0.717, 1.165) is 34.3 Å². The van der Waals surface area contributed by atoms with Gasteiger partial charge in [-0.15, -0.1) is 0 Å². The van der Waals surface area contributed by atoms with E-state index in [1.54, 1.807) is 19.4 Å². The van der Waals surface area contributed by atoms with E-state index in [4.69, 9.17) is 4.74 Å². The first-order valence-corrected chi connectivity index (χ1v) is 7.75. The Hall–Kier alpha value is -2.95. The van der Waals surface area contributed by atoms with Gasteiger partial charge in [-0.25, -0.2) is 9.37 Å². The molecule has 0 radical (unpaired) electrons. The standard InChI is InChI=1S/C19H16FN3O/c1-24-18-3-2-13(20)10-15(18)14-6-9-22-19-16(14)11-17(23-19)12-4-7-21-8-5-12/h2-4,6,8-11H,5,7H2,1H3,(H,22,23). The maximum atomic E-state index is 13.8. The van der Waals surface area contributed by atoms with Gasteiger partial charge in [-0.2, -0.15) is 0 Å². The fourth-order valence-electron chi connectivity index (χ4n) is 3.03. The number of aromatic nitrogens is 2. The molecule has 120 valence electrons. The lowest BCUT2D eigenvalue weighted by Gasteiger charge is -2.09. The van der Waals surface area contributed by atoms with Crippen molar-refractivity contribution in [2.24, 2.45) is 4.99 Å². The average molecular weight is 321 g/mol. The van der Waals surface area contributed by atoms with E-state index in [1.165, 1.54) is 17.7 Å². The number of ether oxygens (including phenoxy) is 1. The molecule has 0 atom stereocenters. The van der Waals surface area contributed by atoms with Crippen molar-refractivity contribution in [1.29, 1.82) is 0 Å². The van der Waals surface area contributed by atoms with Gasteiger partial charge in [0.2, 0.25) is 0 Å². The van der Waals surface area contributed by atoms with Crippen molar-refractivity contribution in [2.45, 2.75) is 6.42 Å². The molecule has 2 aromatic heterocycles. The Morgan fingerprint density at radius 1 is 1.17 bits per heavy atom. The summed E-state index contributed by atoms with van der Waals surface area (Å²) >= 11 is 0. The lowest BCUT2D eigenvalue weighted by molar-refractivity contribution is 0.415. The number of allylic oxidation sites excluding steroid dienone is 1. The third-order valence-electron chi connectivity index (χ3n) is 4.21. The zero-order chi connectivity index (χ0) is 16.5. The number of H-pyrrole nitrogens is 1. The van der Waals surface area contributed by atoms with Crippen LogP contribution in [-0.2, 0) is 0 Å². The number of halogens is 1. The Bertz CT molecular complexity index is 972. The SMILES string of the molecule is COc1ccc(F)cc1-c1ccnc2[nH]c(C3=CCN=CC3)cc12. The van der Waals surface area contributed by atoms with Gasteiger partial charge < -0.3 is 9.72 Å². The molecule has 0 saturated heterocycles. The highest BCUT2D eigenvalue weighted by Crippen LogP contribution is 2.36. The Balaban J connectivity index is 1.89. The van der Waals surface area contributed by atoms with Crippen molar-refractivity contribution >= 4 is 22.8 Å². The zero-order valence-corrected chi connectivity index (χ0v) is 13.2. The number of rotatable bonds is 3. The van der Waals surface area contributed by atoms with Gasteiger partial charge in [0.15, 0.2) is 0 Å². The van der Waals surface area contributed by atoms with Crippen molar-refractivity contribution in [3.05, 3.63) is 54.1 Å². The number of aromatic amines is 1. The minimum Gasteiger partial charge on any atom is -0.496 e. The third kappa shape index (κ3) is 2.48. The first-order valence-electron chi connectivity index (χ1n) is 7.75. The van der Waals surface area contributed by atoms with E-state index in [1.807, 2.05) is 12.3 Å². The van der Waals surface area contributed by atoms with Crippen molar-refractivity contribution in [3.8, 4) is 16.9 Å². The van der Waals surface area contributed by atoms with Gasteiger partial charge in [0.25, 0.3) is 0 Å². The number of pyridine rings is 1. The quantitative estimate of drug-likeness (QED) is 0.784. The number of dihydropyridines is 1. The van der Waals surface area contributed by atoms with Crippen molar-refractivity contribution in [3.63, 3.8) is 0 Å². The molecule has 0 unspecified atom stereocenters. The second-order valence-corrected chi connectivity index (χ2v) is 5.63. The fraction of sp³-hybridized carbons (Fsp3) is 0.158. The number of aliphatic imine (C=N–C) groups is 1. The van der Waals surface area contributed by atoms with Gasteiger partial charge in [-0.1, -0.05) is 6.08 Å². The molecule has 3 aromatic rings. The molecule has 0 bridgehead atoms. The Kier molecular flexibility index (Phi) is 3.61. The largest absolute Gasteiger partial charge is 0.496 e. The Morgan fingerprint density at radius 2 is 2.08 bits per heavy atom. The fourth-order valence-corrected chi connectivity index (χ4v) is 3.03. The van der Waals surface area contributed by atoms with Crippen LogP contribution in [0.2, 0.25) is 0 Å². The van der Waals surface area contributed by atoms with E-state index in [9.17, 15) is 4.39 Å². The van der Waals surface area contributed by atoms with Gasteiger partial charge >= 0.3 is 0 Å². The summed E-state index contributed by atoms with van der Waals surface area (Å²) in [6, 6.07) is 8.48. The van der Waals surface area contributed by atoms with Crippen LogP contribution in [0, 0.1) is 5.82 Å². The number of fused-ring (bicyclic) bond motifs is 1. The Labute approximate surface area is 138 Å². The topological polar surface area (TPSA) is 50.3 Å². The van der Waals surface area contributed by atoms with Crippen LogP contribution in [0.1, 0.15) is 12.1 Å². The van der Waals surface area contributed by atoms with Gasteiger partial charge in [-0.3, -0.25) is 4.99 Å². The minimum absolute atomic E-state index is 0.294. The molecule has 0 spiro atoms. The molecular formula is C19H16FN3O. The van der Waals surface area contributed by atoms with Gasteiger partial charge in [0, 0.05) is 35.5 Å². The summed E-state index contributed by atoms with van der Waals surface area (Å²) < 4.78 is 19.2. The molecular weight excluding hydrogens is 305 g/mol. The third-order valence-corrected chi connectivity index (χ3v) is 4.21. The second kappa shape index (κ2) is 5.92. The van der Waals surface area contributed by atoms with E-state index >= 15 is 0 Å². The smallest absolute Gasteiger partial charge is 0.138 e. The molecule has 1 aromatic carbocycles. The highest BCUT2D eigenvalue weighted by Gasteiger charge is 2.15. The van der Waals surface area contributed by atoms with Gasteiger partial charge in [-0.05, 0) is 41.5 Å². The van der Waals surface area contributed by atoms with E-state index in [0.29, 0.717) is 12.3 Å². The Morgan fingerprint density at radius 3 is 2.88 bits per heavy atom. The summed E-state index contributed by atoms with van der Waals surface area (Å²) in [5.74, 6) is 0.341. The van der Waals surface area contributed by atoms with Crippen molar-refractivity contribution < 1.29 is 9.13 Å². The summed E-state index contributed by atoms with van der Waals surface area (Å²) in [4.78, 5) is 12.0. The lowest BCUT2D eigenvalue weighted by Crippen LogP contribution is -1.93. The monoisotopic (exact) mass is 321 g/mol. The number of methoxy groups -OCH3 is 1. The van der Waals surface area contributed by atoms with Crippen LogP contribution in [0.15, 0.2) is 47.6 Å². The molecule has 1 N–H and O–H groups in total. The van der Waals surface area contributed by atoms with Crippen LogP contribution < -0.4 is 4.74 Å². The number of benzene rings is 1. The molecule has 0 saturated carbocycles. The highest BCUT2D eigenvalue weighted by molar-refractivity contribution is 5.97. The summed E-state index contributed by atoms with van der Waals surface area (Å²) in [5.41, 5.74) is 4.60. The minimum atomic E-state index is -0.294. The van der Waals surface area contributed by atoms with Crippen LogP contribution >= 0.6 is 0 Å². The van der Waals surface area contributed by atoms with Crippen molar-refractivity contribution in [2.75, 3.05) is 13.7 Å². The van der Waals surface area contributed by atoms with Gasteiger partial charge in [0.1, 0.15) is 17.2 Å². The second-order valence-electron chi connectivity index (χ2n) is 5.63. The molecule has 0 aliphatic carbocycles. The maximum Gasteiger partial charge on any atom is 0.138 e. The summed E-state index contributed by atoms with van der Waals surface area (Å²) in [6.07, 6.45) is 6.54. The molecule has 4 rings (SSSR count). The van der Waals surface area contributed by atoms with E-state index in [-0.39, 0.29) is 5.82 Å². The molecule has 24 heavy (non-hydrogen) atoms.